The molecule has 0 atom stereocenters. The number of hydrogen-bond acceptors (Lipinski definition) is 4. The first kappa shape index (κ1) is 46.5. The van der Waals surface area contributed by atoms with E-state index < -0.39 is 0 Å². The van der Waals surface area contributed by atoms with E-state index in [0.29, 0.717) is 40.0 Å². The highest BCUT2D eigenvalue weighted by Gasteiger charge is 2.23. The Labute approximate surface area is 261 Å². The summed E-state index contributed by atoms with van der Waals surface area (Å²) in [6.45, 7) is 38.5. The van der Waals surface area contributed by atoms with Crippen LogP contribution < -0.4 is 0 Å². The van der Waals surface area contributed by atoms with Gasteiger partial charge in [-0.1, -0.05) is 172 Å². The van der Waals surface area contributed by atoms with Crippen molar-refractivity contribution in [2.75, 3.05) is 0 Å². The minimum Gasteiger partial charge on any atom is -0.299 e. The zero-order chi connectivity index (χ0) is 31.9. The number of Topliss-reactive ketones (excluding diaryl/α,β-unsaturated/α-hetero) is 2. The van der Waals surface area contributed by atoms with Crippen molar-refractivity contribution in [1.82, 2.24) is 0 Å². The number of rotatable bonds is 8. The van der Waals surface area contributed by atoms with Crippen LogP contribution in [0.5, 0.6) is 0 Å². The monoisotopic (exact) mass is 600 g/mol. The lowest BCUT2D eigenvalue weighted by molar-refractivity contribution is -0.127. The Morgan fingerprint density at radius 3 is 1.27 bits per heavy atom. The van der Waals surface area contributed by atoms with E-state index in [0.717, 1.165) is 19.3 Å². The van der Waals surface area contributed by atoms with Gasteiger partial charge >= 0.3 is 0 Å². The molecule has 0 unspecified atom stereocenters. The third kappa shape index (κ3) is 39.7. The summed E-state index contributed by atoms with van der Waals surface area (Å²) in [5, 5.41) is 2.21. The Balaban J connectivity index is -0.000000241. The van der Waals surface area contributed by atoms with E-state index in [-0.39, 0.29) is 23.7 Å². The molecule has 0 bridgehead atoms. The Morgan fingerprint density at radius 1 is 0.550 bits per heavy atom. The van der Waals surface area contributed by atoms with Gasteiger partial charge in [0.15, 0.2) is 0 Å². The van der Waals surface area contributed by atoms with Crippen LogP contribution in [0.2, 0.25) is 0 Å². The van der Waals surface area contributed by atoms with Crippen LogP contribution in [0.1, 0.15) is 164 Å². The van der Waals surface area contributed by atoms with Gasteiger partial charge in [-0.05, 0) is 40.9 Å². The fourth-order valence-corrected chi connectivity index (χ4v) is 4.20. The molecule has 0 saturated carbocycles. The fraction of sp³-hybridized carbons (Fsp3) is 0.833. The lowest BCUT2D eigenvalue weighted by Crippen LogP contribution is -2.21. The maximum atomic E-state index is 11.5. The standard InChI is InChI=1S/C13H24O.C11H22O.C11H22S2.CH4/c1-12(2,3)10-8-7-9-11(14)13(4,5)6;1-10(2,3)8-7-9(12)11(4,5)6;1-10(2,3)8-7-9-12-13-11(4,5)6;/h7-8H,9-10H2,1-6H3;7-8H2,1-6H3;7,9H,8H2,1-6H3;1H4. The summed E-state index contributed by atoms with van der Waals surface area (Å²) in [6.07, 6.45) is 10.8. The molecule has 0 aliphatic carbocycles. The topological polar surface area (TPSA) is 34.1 Å². The lowest BCUT2D eigenvalue weighted by Gasteiger charge is -2.21. The van der Waals surface area contributed by atoms with Gasteiger partial charge in [0.1, 0.15) is 11.6 Å². The zero-order valence-corrected chi connectivity index (χ0v) is 31.1. The van der Waals surface area contributed by atoms with E-state index >= 15 is 0 Å². The Hall–Kier alpha value is -0.480. The Bertz CT molecular complexity index is 733. The molecule has 0 aromatic heterocycles. The van der Waals surface area contributed by atoms with Crippen LogP contribution in [-0.4, -0.2) is 16.3 Å². The summed E-state index contributed by atoms with van der Waals surface area (Å²) in [6, 6.07) is 0. The summed E-state index contributed by atoms with van der Waals surface area (Å²) in [5.74, 6) is 0.681. The number of allylic oxidation sites excluding steroid dienone is 3. The van der Waals surface area contributed by atoms with Crippen LogP contribution in [0.3, 0.4) is 0 Å². The first-order chi connectivity index (χ1) is 17.0. The first-order valence-electron chi connectivity index (χ1n) is 14.7. The summed E-state index contributed by atoms with van der Waals surface area (Å²) < 4.78 is 0.358. The predicted octanol–water partition coefficient (Wildman–Crippen LogP) is 13.2. The number of carbonyl (C=O) groups is 2. The average molecular weight is 601 g/mol. The highest BCUT2D eigenvalue weighted by Crippen LogP contribution is 2.36. The summed E-state index contributed by atoms with van der Waals surface area (Å²) >= 11 is 0. The van der Waals surface area contributed by atoms with E-state index in [1.165, 1.54) is 0 Å². The molecule has 0 amide bonds. The second kappa shape index (κ2) is 19.7. The zero-order valence-electron chi connectivity index (χ0n) is 29.5. The van der Waals surface area contributed by atoms with E-state index in [1.54, 1.807) is 0 Å². The highest BCUT2D eigenvalue weighted by atomic mass is 33.1. The van der Waals surface area contributed by atoms with Gasteiger partial charge < -0.3 is 0 Å². The van der Waals surface area contributed by atoms with Crippen LogP contribution in [0, 0.1) is 27.1 Å². The molecule has 0 aliphatic rings. The molecule has 0 spiro atoms. The number of ketones is 2. The van der Waals surface area contributed by atoms with E-state index in [9.17, 15) is 9.59 Å². The van der Waals surface area contributed by atoms with Gasteiger partial charge in [0, 0.05) is 28.4 Å². The molecule has 0 rings (SSSR count). The average Bonchev–Trinajstić information content (AvgIpc) is 2.65. The lowest BCUT2D eigenvalue weighted by atomic mass is 9.83. The summed E-state index contributed by atoms with van der Waals surface area (Å²) in [4.78, 5) is 23.0. The minimum atomic E-state index is -0.202. The second-order valence-corrected chi connectivity index (χ2v) is 20.2. The van der Waals surface area contributed by atoms with Crippen molar-refractivity contribution in [2.45, 2.75) is 169 Å². The molecule has 0 aromatic carbocycles. The Kier molecular flexibility index (Phi) is 22.8. The fourth-order valence-electron chi connectivity index (χ4n) is 2.41. The molecule has 0 aromatic rings. The molecule has 2 nitrogen and oxygen atoms in total. The van der Waals surface area contributed by atoms with Gasteiger partial charge in [-0.15, -0.1) is 0 Å². The third-order valence-electron chi connectivity index (χ3n) is 5.16. The molecular formula is C36H72O2S2. The molecular weight excluding hydrogens is 529 g/mol. The maximum absolute atomic E-state index is 11.5. The molecule has 0 fully saturated rings. The molecule has 240 valence electrons. The summed E-state index contributed by atoms with van der Waals surface area (Å²) in [7, 11) is 3.75. The molecule has 4 heteroatoms. The van der Waals surface area contributed by atoms with Gasteiger partial charge in [0.05, 0.1) is 0 Å². The smallest absolute Gasteiger partial charge is 0.141 e. The van der Waals surface area contributed by atoms with Crippen molar-refractivity contribution in [3.05, 3.63) is 23.6 Å². The van der Waals surface area contributed by atoms with Crippen molar-refractivity contribution in [1.29, 1.82) is 0 Å². The molecule has 0 N–H and O–H groups in total. The van der Waals surface area contributed by atoms with Gasteiger partial charge in [-0.2, -0.15) is 0 Å². The van der Waals surface area contributed by atoms with Crippen LogP contribution in [0.4, 0.5) is 0 Å². The second-order valence-electron chi connectivity index (χ2n) is 17.3. The Morgan fingerprint density at radius 2 is 0.950 bits per heavy atom. The highest BCUT2D eigenvalue weighted by molar-refractivity contribution is 8.78. The van der Waals surface area contributed by atoms with Crippen molar-refractivity contribution in [3.63, 3.8) is 0 Å². The predicted molar refractivity (Wildman–Crippen MR) is 190 cm³/mol. The van der Waals surface area contributed by atoms with E-state index in [4.69, 9.17) is 0 Å². The van der Waals surface area contributed by atoms with Crippen molar-refractivity contribution in [3.8, 4) is 0 Å². The van der Waals surface area contributed by atoms with Crippen molar-refractivity contribution in [2.24, 2.45) is 27.1 Å². The van der Waals surface area contributed by atoms with Gasteiger partial charge in [-0.25, -0.2) is 0 Å². The van der Waals surface area contributed by atoms with Gasteiger partial charge in [0.2, 0.25) is 0 Å². The van der Waals surface area contributed by atoms with Crippen molar-refractivity contribution < 1.29 is 9.59 Å². The molecule has 0 heterocycles. The quantitative estimate of drug-likeness (QED) is 0.205. The van der Waals surface area contributed by atoms with Crippen LogP contribution in [0.25, 0.3) is 0 Å². The van der Waals surface area contributed by atoms with Crippen LogP contribution >= 0.6 is 21.6 Å². The minimum absolute atomic E-state index is 0. The molecule has 0 aliphatic heterocycles. The summed E-state index contributed by atoms with van der Waals surface area (Å²) in [5.41, 5.74) is 0.656. The molecule has 0 saturated heterocycles. The SMILES string of the molecule is C.CC(C)(C)CC=CCC(=O)C(C)(C)C.CC(C)(C)CC=CSSC(C)(C)C.CC(C)(C)CCC(=O)C(C)(C)C. The first-order valence-corrected chi connectivity index (χ1v) is 16.9. The number of carbonyl (C=O) groups excluding carboxylic acids is 2. The number of hydrogen-bond donors (Lipinski definition) is 0. The maximum Gasteiger partial charge on any atom is 0.141 e. The van der Waals surface area contributed by atoms with E-state index in [2.05, 4.69) is 101 Å². The van der Waals surface area contributed by atoms with Gasteiger partial charge in [-0.3, -0.25) is 9.59 Å². The largest absolute Gasteiger partial charge is 0.299 e. The van der Waals surface area contributed by atoms with E-state index in [1.807, 2.05) is 69.2 Å². The molecule has 40 heavy (non-hydrogen) atoms. The van der Waals surface area contributed by atoms with Crippen LogP contribution in [0.15, 0.2) is 23.6 Å². The normalized spacial score (nSPS) is 13.2. The molecule has 0 radical (unpaired) electrons. The van der Waals surface area contributed by atoms with Gasteiger partial charge in [0.25, 0.3) is 0 Å². The van der Waals surface area contributed by atoms with Crippen LogP contribution in [-0.2, 0) is 9.59 Å². The third-order valence-corrected chi connectivity index (χ3v) is 8.18. The van der Waals surface area contributed by atoms with Crippen molar-refractivity contribution >= 4 is 33.2 Å².